The SMILES string of the molecule is CCCCO[P+](=O)Cc1cc(C(C)(C)C)c(O)c(C(C)(C)C)c1. The standard InChI is InChI=1S/C19H31O3P/c1-8-9-10-22-23(21)13-14-11-15(18(2,3)4)17(20)16(12-14)19(5,6)7/h11-12H,8-10,13H2,1-7H3/p+1. The van der Waals surface area contributed by atoms with Crippen LogP contribution in [0.4, 0.5) is 0 Å². The summed E-state index contributed by atoms with van der Waals surface area (Å²) in [6, 6.07) is 3.95. The van der Waals surface area contributed by atoms with E-state index in [9.17, 15) is 9.67 Å². The maximum Gasteiger partial charge on any atom is 0.512 e. The van der Waals surface area contributed by atoms with Crippen LogP contribution in [0.15, 0.2) is 12.1 Å². The number of benzene rings is 1. The Morgan fingerprint density at radius 2 is 1.52 bits per heavy atom. The van der Waals surface area contributed by atoms with Crippen molar-refractivity contribution in [3.8, 4) is 5.75 Å². The number of hydrogen-bond donors (Lipinski definition) is 1. The zero-order valence-electron chi connectivity index (χ0n) is 15.7. The van der Waals surface area contributed by atoms with Crippen LogP contribution in [0.5, 0.6) is 5.75 Å². The van der Waals surface area contributed by atoms with Crippen LogP contribution in [-0.4, -0.2) is 11.7 Å². The molecule has 4 heteroatoms. The normalized spacial score (nSPS) is 13.3. The molecule has 0 aromatic heterocycles. The summed E-state index contributed by atoms with van der Waals surface area (Å²) in [5.74, 6) is 0.357. The van der Waals surface area contributed by atoms with Crippen LogP contribution >= 0.6 is 8.03 Å². The number of rotatable bonds is 6. The second-order valence-electron chi connectivity index (χ2n) is 8.22. The first-order valence-corrected chi connectivity index (χ1v) is 9.77. The molecule has 0 aliphatic carbocycles. The smallest absolute Gasteiger partial charge is 0.507 e. The quantitative estimate of drug-likeness (QED) is 0.507. The third-order valence-corrected chi connectivity index (χ3v) is 4.92. The Bertz CT molecular complexity index is 516. The van der Waals surface area contributed by atoms with E-state index in [-0.39, 0.29) is 10.8 Å². The second kappa shape index (κ2) is 7.77. The van der Waals surface area contributed by atoms with Gasteiger partial charge in [0.05, 0.1) is 0 Å². The molecule has 1 atom stereocenters. The summed E-state index contributed by atoms with van der Waals surface area (Å²) in [6.45, 7) is 15.1. The molecule has 1 aromatic rings. The van der Waals surface area contributed by atoms with Crippen LogP contribution in [-0.2, 0) is 26.1 Å². The molecule has 0 saturated carbocycles. The molecule has 0 amide bonds. The number of phenolic OH excluding ortho intramolecular Hbond substituents is 1. The van der Waals surface area contributed by atoms with Gasteiger partial charge >= 0.3 is 8.03 Å². The fourth-order valence-electron chi connectivity index (χ4n) is 2.43. The minimum absolute atomic E-state index is 0.172. The predicted octanol–water partition coefficient (Wildman–Crippen LogP) is 6.05. The average Bonchev–Trinajstić information content (AvgIpc) is 2.38. The molecule has 1 unspecified atom stereocenters. The van der Waals surface area contributed by atoms with E-state index in [1.165, 1.54) is 0 Å². The van der Waals surface area contributed by atoms with E-state index >= 15 is 0 Å². The maximum atomic E-state index is 12.2. The van der Waals surface area contributed by atoms with E-state index in [4.69, 9.17) is 4.52 Å². The largest absolute Gasteiger partial charge is 0.512 e. The number of aromatic hydroxyl groups is 1. The monoisotopic (exact) mass is 339 g/mol. The van der Waals surface area contributed by atoms with E-state index in [0.717, 1.165) is 29.5 Å². The molecule has 1 N–H and O–H groups in total. The highest BCUT2D eigenvalue weighted by Crippen LogP contribution is 2.41. The zero-order valence-corrected chi connectivity index (χ0v) is 16.6. The number of hydrogen-bond acceptors (Lipinski definition) is 3. The second-order valence-corrected chi connectivity index (χ2v) is 9.46. The molecule has 23 heavy (non-hydrogen) atoms. The van der Waals surface area contributed by atoms with E-state index in [1.54, 1.807) is 0 Å². The Hall–Kier alpha value is -0.920. The molecule has 0 heterocycles. The Morgan fingerprint density at radius 1 is 1.04 bits per heavy atom. The van der Waals surface area contributed by atoms with Gasteiger partial charge in [0.1, 0.15) is 12.4 Å². The minimum atomic E-state index is -1.71. The van der Waals surface area contributed by atoms with Crippen LogP contribution in [0, 0.1) is 0 Å². The van der Waals surface area contributed by atoms with Gasteiger partial charge in [-0.1, -0.05) is 54.9 Å². The first-order chi connectivity index (χ1) is 10.5. The van der Waals surface area contributed by atoms with Gasteiger partial charge in [-0.05, 0) is 45.1 Å². The van der Waals surface area contributed by atoms with Crippen molar-refractivity contribution >= 4 is 8.03 Å². The molecule has 0 fully saturated rings. The van der Waals surface area contributed by atoms with Crippen LogP contribution in [0.2, 0.25) is 0 Å². The Kier molecular flexibility index (Phi) is 6.80. The van der Waals surface area contributed by atoms with E-state index < -0.39 is 8.03 Å². The van der Waals surface area contributed by atoms with Crippen molar-refractivity contribution in [2.45, 2.75) is 78.3 Å². The van der Waals surface area contributed by atoms with Gasteiger partial charge in [-0.15, -0.1) is 4.52 Å². The van der Waals surface area contributed by atoms with Crippen molar-refractivity contribution in [1.29, 1.82) is 0 Å². The lowest BCUT2D eigenvalue weighted by molar-refractivity contribution is 0.320. The van der Waals surface area contributed by atoms with Crippen molar-refractivity contribution < 1.29 is 14.2 Å². The van der Waals surface area contributed by atoms with Gasteiger partial charge in [0, 0.05) is 5.56 Å². The van der Waals surface area contributed by atoms with Crippen LogP contribution in [0.3, 0.4) is 0 Å². The Morgan fingerprint density at radius 3 is 1.91 bits per heavy atom. The predicted molar refractivity (Wildman–Crippen MR) is 97.7 cm³/mol. The van der Waals surface area contributed by atoms with Gasteiger partial charge in [-0.2, -0.15) is 0 Å². The summed E-state index contributed by atoms with van der Waals surface area (Å²) in [5, 5.41) is 10.7. The highest BCUT2D eigenvalue weighted by Gasteiger charge is 2.28. The maximum absolute atomic E-state index is 12.2. The summed E-state index contributed by atoms with van der Waals surface area (Å²) in [6.07, 6.45) is 2.35. The third-order valence-electron chi connectivity index (χ3n) is 3.83. The lowest BCUT2D eigenvalue weighted by Crippen LogP contribution is -2.17. The van der Waals surface area contributed by atoms with Crippen molar-refractivity contribution in [3.63, 3.8) is 0 Å². The summed E-state index contributed by atoms with van der Waals surface area (Å²) in [5.41, 5.74) is 2.42. The van der Waals surface area contributed by atoms with Crippen molar-refractivity contribution in [3.05, 3.63) is 28.8 Å². The Balaban J connectivity index is 3.16. The van der Waals surface area contributed by atoms with Gasteiger partial charge in [0.25, 0.3) is 0 Å². The van der Waals surface area contributed by atoms with Crippen molar-refractivity contribution in [2.75, 3.05) is 6.61 Å². The molecule has 0 spiro atoms. The first-order valence-electron chi connectivity index (χ1n) is 8.41. The molecule has 3 nitrogen and oxygen atoms in total. The molecule has 0 aliphatic heterocycles. The van der Waals surface area contributed by atoms with E-state index in [0.29, 0.717) is 18.5 Å². The topological polar surface area (TPSA) is 46.5 Å². The molecule has 0 aliphatic rings. The van der Waals surface area contributed by atoms with Crippen LogP contribution in [0.1, 0.15) is 78.0 Å². The van der Waals surface area contributed by atoms with Gasteiger partial charge < -0.3 is 5.11 Å². The van der Waals surface area contributed by atoms with Crippen LogP contribution in [0.25, 0.3) is 0 Å². The minimum Gasteiger partial charge on any atom is -0.507 e. The summed E-state index contributed by atoms with van der Waals surface area (Å²) in [4.78, 5) is 0. The number of unbranched alkanes of at least 4 members (excludes halogenated alkanes) is 1. The molecular formula is C19H32O3P+. The Labute approximate surface area is 142 Å². The molecule has 0 radical (unpaired) electrons. The summed E-state index contributed by atoms with van der Waals surface area (Å²) in [7, 11) is -1.71. The lowest BCUT2D eigenvalue weighted by atomic mass is 9.78. The zero-order chi connectivity index (χ0) is 17.8. The highest BCUT2D eigenvalue weighted by molar-refractivity contribution is 7.38. The molecular weight excluding hydrogens is 307 g/mol. The van der Waals surface area contributed by atoms with Gasteiger partial charge in [0.15, 0.2) is 0 Å². The summed E-state index contributed by atoms with van der Waals surface area (Å²) < 4.78 is 17.6. The molecule has 0 bridgehead atoms. The van der Waals surface area contributed by atoms with E-state index in [1.807, 2.05) is 12.1 Å². The van der Waals surface area contributed by atoms with E-state index in [2.05, 4.69) is 48.5 Å². The van der Waals surface area contributed by atoms with Crippen molar-refractivity contribution in [2.24, 2.45) is 0 Å². The third kappa shape index (κ3) is 5.90. The van der Waals surface area contributed by atoms with Gasteiger partial charge in [0.2, 0.25) is 6.16 Å². The molecule has 1 rings (SSSR count). The fourth-order valence-corrected chi connectivity index (χ4v) is 3.34. The van der Waals surface area contributed by atoms with Gasteiger partial charge in [-0.25, -0.2) is 0 Å². The first kappa shape index (κ1) is 20.1. The molecule has 130 valence electrons. The average molecular weight is 339 g/mol. The highest BCUT2D eigenvalue weighted by atomic mass is 31.1. The molecule has 0 saturated heterocycles. The lowest BCUT2D eigenvalue weighted by Gasteiger charge is -2.27. The molecule has 1 aromatic carbocycles. The fraction of sp³-hybridized carbons (Fsp3) is 0.684. The van der Waals surface area contributed by atoms with Crippen molar-refractivity contribution in [1.82, 2.24) is 0 Å². The number of phenols is 1. The summed E-state index contributed by atoms with van der Waals surface area (Å²) >= 11 is 0. The van der Waals surface area contributed by atoms with Gasteiger partial charge in [-0.3, -0.25) is 0 Å². The van der Waals surface area contributed by atoms with Crippen LogP contribution < -0.4 is 0 Å².